The standard InChI is InChI=1S/C10H11NO3/c1-13-8-4-2-3-7-10(8)14-6-5-9(12)11-7/h2-4H,5-6H2,1H3,(H,11,12). The second-order valence-electron chi connectivity index (χ2n) is 2.98. The Bertz CT molecular complexity index is 362. The molecule has 1 aromatic carbocycles. The summed E-state index contributed by atoms with van der Waals surface area (Å²) in [6.45, 7) is 0.388. The average Bonchev–Trinajstić information content (AvgIpc) is 2.37. The van der Waals surface area contributed by atoms with Crippen molar-refractivity contribution in [2.75, 3.05) is 19.0 Å². The molecular weight excluding hydrogens is 182 g/mol. The topological polar surface area (TPSA) is 47.6 Å². The molecule has 0 fully saturated rings. The van der Waals surface area contributed by atoms with E-state index >= 15 is 0 Å². The maximum absolute atomic E-state index is 11.2. The Labute approximate surface area is 81.8 Å². The van der Waals surface area contributed by atoms with E-state index < -0.39 is 0 Å². The largest absolute Gasteiger partial charge is 0.493 e. The molecule has 0 atom stereocenters. The zero-order chi connectivity index (χ0) is 9.97. The third-order valence-corrected chi connectivity index (χ3v) is 2.05. The molecule has 4 heteroatoms. The highest BCUT2D eigenvalue weighted by Gasteiger charge is 2.16. The van der Waals surface area contributed by atoms with E-state index in [1.807, 2.05) is 6.07 Å². The van der Waals surface area contributed by atoms with Gasteiger partial charge in [-0.05, 0) is 12.1 Å². The Morgan fingerprint density at radius 1 is 1.50 bits per heavy atom. The second kappa shape index (κ2) is 3.57. The number of rotatable bonds is 1. The molecular formula is C10H11NO3. The fourth-order valence-electron chi connectivity index (χ4n) is 1.38. The molecule has 1 amide bonds. The minimum atomic E-state index is -0.0306. The second-order valence-corrected chi connectivity index (χ2v) is 2.98. The van der Waals surface area contributed by atoms with Crippen LogP contribution in [0.1, 0.15) is 6.42 Å². The summed E-state index contributed by atoms with van der Waals surface area (Å²) in [7, 11) is 1.58. The number of fused-ring (bicyclic) bond motifs is 1. The quantitative estimate of drug-likeness (QED) is 0.733. The van der Waals surface area contributed by atoms with Crippen molar-refractivity contribution < 1.29 is 14.3 Å². The van der Waals surface area contributed by atoms with Gasteiger partial charge in [0.05, 0.1) is 25.8 Å². The summed E-state index contributed by atoms with van der Waals surface area (Å²) in [6.07, 6.45) is 0.373. The Kier molecular flexibility index (Phi) is 2.26. The van der Waals surface area contributed by atoms with Crippen LogP contribution in [0.3, 0.4) is 0 Å². The molecule has 0 saturated carbocycles. The Hall–Kier alpha value is -1.71. The number of carbonyl (C=O) groups excluding carboxylic acids is 1. The van der Waals surface area contributed by atoms with Crippen LogP contribution in [0.25, 0.3) is 0 Å². The van der Waals surface area contributed by atoms with Gasteiger partial charge in [0.25, 0.3) is 0 Å². The van der Waals surface area contributed by atoms with Crippen molar-refractivity contribution in [3.63, 3.8) is 0 Å². The number of para-hydroxylation sites is 1. The first-order valence-electron chi connectivity index (χ1n) is 4.41. The van der Waals surface area contributed by atoms with Crippen molar-refractivity contribution in [2.45, 2.75) is 6.42 Å². The highest BCUT2D eigenvalue weighted by atomic mass is 16.5. The van der Waals surface area contributed by atoms with Crippen molar-refractivity contribution in [3.8, 4) is 11.5 Å². The predicted octanol–water partition coefficient (Wildman–Crippen LogP) is 1.42. The highest BCUT2D eigenvalue weighted by Crippen LogP contribution is 2.36. The van der Waals surface area contributed by atoms with E-state index in [0.29, 0.717) is 30.2 Å². The SMILES string of the molecule is COc1cccc2c1OCCC(=O)N2. The van der Waals surface area contributed by atoms with Crippen LogP contribution in [0, 0.1) is 0 Å². The molecule has 0 radical (unpaired) electrons. The van der Waals surface area contributed by atoms with Gasteiger partial charge >= 0.3 is 0 Å². The van der Waals surface area contributed by atoms with Gasteiger partial charge in [0.1, 0.15) is 0 Å². The molecule has 1 aliphatic heterocycles. The number of carbonyl (C=O) groups is 1. The van der Waals surface area contributed by atoms with Gasteiger partial charge in [0, 0.05) is 0 Å². The van der Waals surface area contributed by atoms with E-state index in [-0.39, 0.29) is 5.91 Å². The molecule has 0 aromatic heterocycles. The molecule has 0 saturated heterocycles. The van der Waals surface area contributed by atoms with E-state index in [0.717, 1.165) is 0 Å². The first kappa shape index (κ1) is 8.87. The van der Waals surface area contributed by atoms with Gasteiger partial charge < -0.3 is 14.8 Å². The number of ether oxygens (including phenoxy) is 2. The van der Waals surface area contributed by atoms with Crippen molar-refractivity contribution in [3.05, 3.63) is 18.2 Å². The third-order valence-electron chi connectivity index (χ3n) is 2.05. The zero-order valence-electron chi connectivity index (χ0n) is 7.87. The fraction of sp³-hybridized carbons (Fsp3) is 0.300. The minimum absolute atomic E-state index is 0.0306. The number of methoxy groups -OCH3 is 1. The molecule has 1 aromatic rings. The minimum Gasteiger partial charge on any atom is -0.493 e. The van der Waals surface area contributed by atoms with Gasteiger partial charge in [-0.1, -0.05) is 6.07 Å². The monoisotopic (exact) mass is 193 g/mol. The summed E-state index contributed by atoms with van der Waals surface area (Å²) in [6, 6.07) is 5.41. The van der Waals surface area contributed by atoms with E-state index in [9.17, 15) is 4.79 Å². The van der Waals surface area contributed by atoms with Crippen LogP contribution in [-0.4, -0.2) is 19.6 Å². The van der Waals surface area contributed by atoms with Crippen LogP contribution < -0.4 is 14.8 Å². The maximum atomic E-state index is 11.2. The Morgan fingerprint density at radius 2 is 2.36 bits per heavy atom. The summed E-state index contributed by atoms with van der Waals surface area (Å²) in [5.74, 6) is 1.22. The molecule has 0 spiro atoms. The molecule has 4 nitrogen and oxygen atoms in total. The average molecular weight is 193 g/mol. The molecule has 0 unspecified atom stereocenters. The van der Waals surface area contributed by atoms with Crippen LogP contribution >= 0.6 is 0 Å². The number of amides is 1. The summed E-state index contributed by atoms with van der Waals surface area (Å²) in [5, 5.41) is 2.75. The zero-order valence-corrected chi connectivity index (χ0v) is 7.87. The lowest BCUT2D eigenvalue weighted by atomic mass is 10.2. The van der Waals surface area contributed by atoms with Gasteiger partial charge in [-0.25, -0.2) is 0 Å². The van der Waals surface area contributed by atoms with Crippen molar-refractivity contribution in [1.82, 2.24) is 0 Å². The lowest BCUT2D eigenvalue weighted by molar-refractivity contribution is -0.116. The summed E-state index contributed by atoms with van der Waals surface area (Å²) in [5.41, 5.74) is 0.673. The molecule has 14 heavy (non-hydrogen) atoms. The fourth-order valence-corrected chi connectivity index (χ4v) is 1.38. The van der Waals surface area contributed by atoms with Gasteiger partial charge in [0.2, 0.25) is 5.91 Å². The van der Waals surface area contributed by atoms with Crippen LogP contribution in [0.4, 0.5) is 5.69 Å². The molecule has 74 valence electrons. The normalized spacial score (nSPS) is 14.8. The third kappa shape index (κ3) is 1.51. The first-order valence-corrected chi connectivity index (χ1v) is 4.41. The number of nitrogens with one attached hydrogen (secondary N) is 1. The Morgan fingerprint density at radius 3 is 3.14 bits per heavy atom. The summed E-state index contributed by atoms with van der Waals surface area (Å²) >= 11 is 0. The highest BCUT2D eigenvalue weighted by molar-refractivity contribution is 5.93. The molecule has 1 aliphatic rings. The van der Waals surface area contributed by atoms with E-state index in [2.05, 4.69) is 5.32 Å². The number of anilines is 1. The van der Waals surface area contributed by atoms with Crippen LogP contribution in [0.5, 0.6) is 11.5 Å². The smallest absolute Gasteiger partial charge is 0.227 e. The number of hydrogen-bond donors (Lipinski definition) is 1. The molecule has 0 aliphatic carbocycles. The van der Waals surface area contributed by atoms with E-state index in [4.69, 9.17) is 9.47 Å². The number of hydrogen-bond acceptors (Lipinski definition) is 3. The maximum Gasteiger partial charge on any atom is 0.227 e. The van der Waals surface area contributed by atoms with Crippen LogP contribution in [0.2, 0.25) is 0 Å². The predicted molar refractivity (Wildman–Crippen MR) is 51.7 cm³/mol. The van der Waals surface area contributed by atoms with Gasteiger partial charge in [-0.3, -0.25) is 4.79 Å². The molecule has 0 bridgehead atoms. The van der Waals surface area contributed by atoms with Crippen molar-refractivity contribution in [1.29, 1.82) is 0 Å². The molecule has 2 rings (SSSR count). The van der Waals surface area contributed by atoms with Crippen molar-refractivity contribution in [2.24, 2.45) is 0 Å². The summed E-state index contributed by atoms with van der Waals surface area (Å²) in [4.78, 5) is 11.2. The van der Waals surface area contributed by atoms with Crippen molar-refractivity contribution >= 4 is 11.6 Å². The number of benzene rings is 1. The van der Waals surface area contributed by atoms with Crippen LogP contribution in [0.15, 0.2) is 18.2 Å². The van der Waals surface area contributed by atoms with Gasteiger partial charge in [-0.2, -0.15) is 0 Å². The van der Waals surface area contributed by atoms with Gasteiger partial charge in [-0.15, -0.1) is 0 Å². The molecule has 1 heterocycles. The lowest BCUT2D eigenvalue weighted by Gasteiger charge is -2.10. The van der Waals surface area contributed by atoms with E-state index in [1.54, 1.807) is 19.2 Å². The van der Waals surface area contributed by atoms with Crippen LogP contribution in [-0.2, 0) is 4.79 Å². The lowest BCUT2D eigenvalue weighted by Crippen LogP contribution is -2.10. The summed E-state index contributed by atoms with van der Waals surface area (Å²) < 4.78 is 10.6. The van der Waals surface area contributed by atoms with E-state index in [1.165, 1.54) is 0 Å². The van der Waals surface area contributed by atoms with Gasteiger partial charge in [0.15, 0.2) is 11.5 Å². The first-order chi connectivity index (χ1) is 6.81. The Balaban J connectivity index is 2.43. The molecule has 1 N–H and O–H groups in total.